The normalized spacial score (nSPS) is 15.0. The summed E-state index contributed by atoms with van der Waals surface area (Å²) in [4.78, 5) is 38.8. The number of nitrogens with two attached hydrogens (primary N) is 1. The Balaban J connectivity index is 2.17. The van der Waals surface area contributed by atoms with Gasteiger partial charge in [-0.1, -0.05) is 0 Å². The minimum Gasteiger partial charge on any atom is -0.507 e. The molecule has 0 radical (unpaired) electrons. The smallest absolute Gasteiger partial charge is 0.367 e. The third-order valence-corrected chi connectivity index (χ3v) is 2.42. The van der Waals surface area contributed by atoms with Crippen molar-refractivity contribution in [3.8, 4) is 5.75 Å². The maximum atomic E-state index is 11.7. The summed E-state index contributed by atoms with van der Waals surface area (Å²) >= 11 is 0. The Morgan fingerprint density at radius 3 is 2.44 bits per heavy atom. The fourth-order valence-electron chi connectivity index (χ4n) is 1.51. The lowest BCUT2D eigenvalue weighted by atomic mass is 10.2. The van der Waals surface area contributed by atoms with Gasteiger partial charge in [0.15, 0.2) is 0 Å². The number of anilines is 1. The van der Waals surface area contributed by atoms with Crippen LogP contribution in [0.4, 0.5) is 5.69 Å². The number of rotatable bonds is 2. The largest absolute Gasteiger partial charge is 0.507 e. The quantitative estimate of drug-likeness (QED) is 0.573. The summed E-state index contributed by atoms with van der Waals surface area (Å²) < 4.78 is 0. The van der Waals surface area contributed by atoms with Crippen LogP contribution in [-0.4, -0.2) is 28.0 Å². The second kappa shape index (κ2) is 4.36. The Bertz CT molecular complexity index is 524. The maximum absolute atomic E-state index is 11.7. The SMILES string of the molecule is Nc1ccc(C(=O)ON2C(=O)CCC2=O)c(O)c1. The molecule has 0 aromatic heterocycles. The summed E-state index contributed by atoms with van der Waals surface area (Å²) in [6, 6.07) is 3.81. The average Bonchev–Trinajstić information content (AvgIpc) is 2.60. The zero-order valence-corrected chi connectivity index (χ0v) is 9.25. The molecule has 0 spiro atoms. The van der Waals surface area contributed by atoms with Gasteiger partial charge in [-0.15, -0.1) is 5.06 Å². The number of phenols is 1. The Labute approximate surface area is 102 Å². The molecule has 0 atom stereocenters. The minimum absolute atomic E-state index is 0.0137. The van der Waals surface area contributed by atoms with Gasteiger partial charge in [0, 0.05) is 24.6 Å². The fourth-order valence-corrected chi connectivity index (χ4v) is 1.51. The van der Waals surface area contributed by atoms with Gasteiger partial charge >= 0.3 is 5.97 Å². The molecule has 1 saturated heterocycles. The van der Waals surface area contributed by atoms with E-state index >= 15 is 0 Å². The highest BCUT2D eigenvalue weighted by Crippen LogP contribution is 2.22. The monoisotopic (exact) mass is 250 g/mol. The van der Waals surface area contributed by atoms with Crippen LogP contribution >= 0.6 is 0 Å². The number of amides is 2. The molecule has 1 fully saturated rings. The van der Waals surface area contributed by atoms with Gasteiger partial charge in [0.25, 0.3) is 11.8 Å². The van der Waals surface area contributed by atoms with Gasteiger partial charge in [0.05, 0.1) is 0 Å². The lowest BCUT2D eigenvalue weighted by Crippen LogP contribution is -2.32. The molecule has 1 aromatic carbocycles. The van der Waals surface area contributed by atoms with Crippen LogP contribution in [0.2, 0.25) is 0 Å². The molecule has 1 aliphatic heterocycles. The van der Waals surface area contributed by atoms with Crippen LogP contribution in [-0.2, 0) is 14.4 Å². The van der Waals surface area contributed by atoms with E-state index in [0.29, 0.717) is 5.06 Å². The standard InChI is InChI=1S/C11H10N2O5/c12-6-1-2-7(8(14)5-6)11(17)18-13-9(15)3-4-10(13)16/h1-2,5,14H,3-4,12H2. The van der Waals surface area contributed by atoms with Crippen LogP contribution in [0.3, 0.4) is 0 Å². The summed E-state index contributed by atoms with van der Waals surface area (Å²) in [7, 11) is 0. The molecule has 3 N–H and O–H groups in total. The fraction of sp³-hybridized carbons (Fsp3) is 0.182. The summed E-state index contributed by atoms with van der Waals surface area (Å²) in [5.74, 6) is -2.53. The first kappa shape index (κ1) is 11.9. The Morgan fingerprint density at radius 2 is 1.89 bits per heavy atom. The van der Waals surface area contributed by atoms with Crippen molar-refractivity contribution in [3.63, 3.8) is 0 Å². The molecule has 2 amide bonds. The molecule has 0 saturated carbocycles. The molecule has 7 nitrogen and oxygen atoms in total. The van der Waals surface area contributed by atoms with E-state index in [1.807, 2.05) is 0 Å². The molecule has 1 heterocycles. The Kier molecular flexibility index (Phi) is 2.88. The summed E-state index contributed by atoms with van der Waals surface area (Å²) in [5.41, 5.74) is 5.51. The molecule has 0 aliphatic carbocycles. The first-order valence-electron chi connectivity index (χ1n) is 5.15. The van der Waals surface area contributed by atoms with E-state index in [1.54, 1.807) is 0 Å². The topological polar surface area (TPSA) is 110 Å². The first-order chi connectivity index (χ1) is 8.49. The van der Waals surface area contributed by atoms with E-state index in [2.05, 4.69) is 4.84 Å². The van der Waals surface area contributed by atoms with Gasteiger partial charge in [-0.3, -0.25) is 9.59 Å². The molecule has 2 rings (SSSR count). The van der Waals surface area contributed by atoms with Crippen molar-refractivity contribution in [2.45, 2.75) is 12.8 Å². The molecule has 1 aliphatic rings. The molecular formula is C11H10N2O5. The molecule has 7 heteroatoms. The van der Waals surface area contributed by atoms with Gasteiger partial charge in [-0.05, 0) is 12.1 Å². The number of nitrogen functional groups attached to an aromatic ring is 1. The number of carbonyl (C=O) groups is 3. The highest BCUT2D eigenvalue weighted by molar-refractivity contribution is 6.03. The second-order valence-electron chi connectivity index (χ2n) is 3.74. The van der Waals surface area contributed by atoms with Crippen molar-refractivity contribution >= 4 is 23.5 Å². The third kappa shape index (κ3) is 2.10. The lowest BCUT2D eigenvalue weighted by molar-refractivity contribution is -0.172. The van der Waals surface area contributed by atoms with Gasteiger partial charge in [-0.2, -0.15) is 0 Å². The highest BCUT2D eigenvalue weighted by atomic mass is 16.7. The number of nitrogens with zero attached hydrogens (tertiary/aromatic N) is 1. The van der Waals surface area contributed by atoms with Gasteiger partial charge < -0.3 is 15.7 Å². The number of imide groups is 1. The van der Waals surface area contributed by atoms with Crippen LogP contribution in [0.15, 0.2) is 18.2 Å². The average molecular weight is 250 g/mol. The molecule has 0 bridgehead atoms. The van der Waals surface area contributed by atoms with E-state index < -0.39 is 17.8 Å². The third-order valence-electron chi connectivity index (χ3n) is 2.42. The van der Waals surface area contributed by atoms with Crippen LogP contribution in [0, 0.1) is 0 Å². The molecular weight excluding hydrogens is 240 g/mol. The highest BCUT2D eigenvalue weighted by Gasteiger charge is 2.33. The first-order valence-corrected chi connectivity index (χ1v) is 5.15. The van der Waals surface area contributed by atoms with Crippen molar-refractivity contribution in [1.82, 2.24) is 5.06 Å². The number of benzene rings is 1. The van der Waals surface area contributed by atoms with E-state index in [0.717, 1.165) is 0 Å². The van der Waals surface area contributed by atoms with Gasteiger partial charge in [0.2, 0.25) is 0 Å². The summed E-state index contributed by atoms with van der Waals surface area (Å²) in [6.45, 7) is 0. The van der Waals surface area contributed by atoms with E-state index in [4.69, 9.17) is 5.73 Å². The summed E-state index contributed by atoms with van der Waals surface area (Å²) in [6.07, 6.45) is 0.0274. The van der Waals surface area contributed by atoms with Crippen molar-refractivity contribution in [3.05, 3.63) is 23.8 Å². The minimum atomic E-state index is -0.990. The van der Waals surface area contributed by atoms with E-state index in [1.165, 1.54) is 18.2 Å². The van der Waals surface area contributed by atoms with Crippen molar-refractivity contribution in [1.29, 1.82) is 0 Å². The van der Waals surface area contributed by atoms with E-state index in [-0.39, 0.29) is 29.8 Å². The van der Waals surface area contributed by atoms with E-state index in [9.17, 15) is 19.5 Å². The summed E-state index contributed by atoms with van der Waals surface area (Å²) in [5, 5.41) is 9.91. The number of aromatic hydroxyl groups is 1. The molecule has 0 unspecified atom stereocenters. The van der Waals surface area contributed by atoms with Crippen LogP contribution < -0.4 is 5.73 Å². The lowest BCUT2D eigenvalue weighted by Gasteiger charge is -2.13. The van der Waals surface area contributed by atoms with Gasteiger partial charge in [-0.25, -0.2) is 4.79 Å². The van der Waals surface area contributed by atoms with Crippen LogP contribution in [0.25, 0.3) is 0 Å². The number of carbonyl (C=O) groups excluding carboxylic acids is 3. The van der Waals surface area contributed by atoms with Crippen LogP contribution in [0.5, 0.6) is 5.75 Å². The Morgan fingerprint density at radius 1 is 1.28 bits per heavy atom. The zero-order chi connectivity index (χ0) is 13.3. The molecule has 18 heavy (non-hydrogen) atoms. The predicted molar refractivity (Wildman–Crippen MR) is 59.0 cm³/mol. The maximum Gasteiger partial charge on any atom is 0.367 e. The van der Waals surface area contributed by atoms with Crippen molar-refractivity contribution in [2.24, 2.45) is 0 Å². The molecule has 1 aromatic rings. The zero-order valence-electron chi connectivity index (χ0n) is 9.25. The predicted octanol–water partition coefficient (Wildman–Crippen LogP) is 0.195. The number of hydroxylamine groups is 2. The Hall–Kier alpha value is -2.57. The molecule has 94 valence electrons. The number of hydrogen-bond donors (Lipinski definition) is 2. The number of phenolic OH excluding ortho intramolecular Hbond substituents is 1. The number of hydrogen-bond acceptors (Lipinski definition) is 6. The van der Waals surface area contributed by atoms with Crippen LogP contribution in [0.1, 0.15) is 23.2 Å². The van der Waals surface area contributed by atoms with Crippen molar-refractivity contribution < 1.29 is 24.3 Å². The van der Waals surface area contributed by atoms with Crippen molar-refractivity contribution in [2.75, 3.05) is 5.73 Å². The second-order valence-corrected chi connectivity index (χ2v) is 3.74. The van der Waals surface area contributed by atoms with Gasteiger partial charge in [0.1, 0.15) is 11.3 Å².